The van der Waals surface area contributed by atoms with E-state index >= 15 is 0 Å². The molecule has 0 radical (unpaired) electrons. The predicted molar refractivity (Wildman–Crippen MR) is 63.9 cm³/mol. The monoisotopic (exact) mass is 212 g/mol. The van der Waals surface area contributed by atoms with E-state index in [-0.39, 0.29) is 16.8 Å². The maximum atomic E-state index is 10.8. The lowest BCUT2D eigenvalue weighted by Gasteiger charge is -2.28. The van der Waals surface area contributed by atoms with Crippen molar-refractivity contribution in [1.29, 1.82) is 0 Å². The molecule has 0 heterocycles. The van der Waals surface area contributed by atoms with Crippen LogP contribution in [0.2, 0.25) is 0 Å². The van der Waals surface area contributed by atoms with Gasteiger partial charge in [0, 0.05) is 7.11 Å². The molecule has 0 aromatic carbocycles. The molecule has 0 aliphatic rings. The number of allylic oxidation sites excluding steroid dienone is 2. The Hall–Kier alpha value is -0.630. The minimum Gasteiger partial charge on any atom is -0.379 e. The molecule has 0 rings (SSSR count). The quantitative estimate of drug-likeness (QED) is 0.631. The summed E-state index contributed by atoms with van der Waals surface area (Å²) in [5.74, 6) is 0.106. The molecule has 0 fully saturated rings. The van der Waals surface area contributed by atoms with Crippen LogP contribution in [-0.2, 0) is 9.53 Å². The standard InChI is InChI=1S/C13H24O2/c1-11(14)7-8-12(2,3)9-10-13(4,5)15-6/h7-8H,9-10H2,1-6H3/b8-7-. The number of hydrogen-bond acceptors (Lipinski definition) is 2. The maximum Gasteiger partial charge on any atom is 0.152 e. The summed E-state index contributed by atoms with van der Waals surface area (Å²) in [5.41, 5.74) is -0.0250. The zero-order chi connectivity index (χ0) is 12.1. The van der Waals surface area contributed by atoms with Gasteiger partial charge in [0.2, 0.25) is 0 Å². The molecule has 0 bridgehead atoms. The van der Waals surface area contributed by atoms with Gasteiger partial charge in [-0.1, -0.05) is 19.9 Å². The second kappa shape index (κ2) is 5.45. The van der Waals surface area contributed by atoms with Gasteiger partial charge in [0.15, 0.2) is 5.78 Å². The first-order valence-electron chi connectivity index (χ1n) is 5.43. The van der Waals surface area contributed by atoms with E-state index in [1.807, 2.05) is 6.08 Å². The van der Waals surface area contributed by atoms with E-state index in [2.05, 4.69) is 27.7 Å². The summed E-state index contributed by atoms with van der Waals surface area (Å²) >= 11 is 0. The minimum absolute atomic E-state index is 0.0570. The molecule has 0 aliphatic carbocycles. The molecule has 0 aliphatic heterocycles. The van der Waals surface area contributed by atoms with Crippen molar-refractivity contribution in [1.82, 2.24) is 0 Å². The molecule has 2 heteroatoms. The van der Waals surface area contributed by atoms with Crippen LogP contribution in [-0.4, -0.2) is 18.5 Å². The lowest BCUT2D eigenvalue weighted by Crippen LogP contribution is -2.25. The lowest BCUT2D eigenvalue weighted by atomic mass is 9.83. The first kappa shape index (κ1) is 14.4. The molecule has 15 heavy (non-hydrogen) atoms. The summed E-state index contributed by atoms with van der Waals surface area (Å²) in [6.07, 6.45) is 5.64. The second-order valence-electron chi connectivity index (χ2n) is 5.40. The largest absolute Gasteiger partial charge is 0.379 e. The number of methoxy groups -OCH3 is 1. The highest BCUT2D eigenvalue weighted by atomic mass is 16.5. The Balaban J connectivity index is 4.21. The van der Waals surface area contributed by atoms with Crippen molar-refractivity contribution in [2.45, 2.75) is 53.1 Å². The Morgan fingerprint density at radius 1 is 1.20 bits per heavy atom. The first-order chi connectivity index (χ1) is 6.68. The van der Waals surface area contributed by atoms with Gasteiger partial charge in [-0.15, -0.1) is 0 Å². The summed E-state index contributed by atoms with van der Waals surface area (Å²) in [4.78, 5) is 10.8. The number of ketones is 1. The molecule has 0 spiro atoms. The molecule has 0 saturated carbocycles. The van der Waals surface area contributed by atoms with Crippen LogP contribution >= 0.6 is 0 Å². The van der Waals surface area contributed by atoms with E-state index in [9.17, 15) is 4.79 Å². The van der Waals surface area contributed by atoms with E-state index in [1.165, 1.54) is 0 Å². The number of carbonyl (C=O) groups excluding carboxylic acids is 1. The van der Waals surface area contributed by atoms with Gasteiger partial charge in [-0.25, -0.2) is 0 Å². The summed E-state index contributed by atoms with van der Waals surface area (Å²) in [6.45, 7) is 10.0. The fraction of sp³-hybridized carbons (Fsp3) is 0.769. The Kier molecular flexibility index (Phi) is 5.22. The Morgan fingerprint density at radius 2 is 1.73 bits per heavy atom. The van der Waals surface area contributed by atoms with Crippen molar-refractivity contribution in [2.75, 3.05) is 7.11 Å². The number of ether oxygens (including phenoxy) is 1. The van der Waals surface area contributed by atoms with E-state index in [0.29, 0.717) is 0 Å². The zero-order valence-corrected chi connectivity index (χ0v) is 10.9. The normalized spacial score (nSPS) is 13.5. The fourth-order valence-corrected chi connectivity index (χ4v) is 1.15. The van der Waals surface area contributed by atoms with Gasteiger partial charge in [0.05, 0.1) is 5.60 Å². The topological polar surface area (TPSA) is 26.3 Å². The average molecular weight is 212 g/mol. The summed E-state index contributed by atoms with van der Waals surface area (Å²) in [5, 5.41) is 0. The highest BCUT2D eigenvalue weighted by molar-refractivity contribution is 5.87. The van der Waals surface area contributed by atoms with Crippen LogP contribution in [0.4, 0.5) is 0 Å². The number of rotatable bonds is 6. The third-order valence-corrected chi connectivity index (χ3v) is 2.69. The molecular formula is C13H24O2. The van der Waals surface area contributed by atoms with Crippen LogP contribution in [0.1, 0.15) is 47.5 Å². The van der Waals surface area contributed by atoms with Crippen LogP contribution in [0, 0.1) is 5.41 Å². The van der Waals surface area contributed by atoms with Gasteiger partial charge in [-0.05, 0) is 45.1 Å². The van der Waals surface area contributed by atoms with E-state index in [4.69, 9.17) is 4.74 Å². The molecule has 0 amide bonds. The SMILES string of the molecule is COC(C)(C)CCC(C)(C)/C=C\C(C)=O. The van der Waals surface area contributed by atoms with Crippen molar-refractivity contribution in [3.05, 3.63) is 12.2 Å². The Bertz CT molecular complexity index is 237. The van der Waals surface area contributed by atoms with Gasteiger partial charge < -0.3 is 4.74 Å². The molecule has 0 aromatic heterocycles. The zero-order valence-electron chi connectivity index (χ0n) is 10.9. The van der Waals surface area contributed by atoms with Gasteiger partial charge in [0.1, 0.15) is 0 Å². The third-order valence-electron chi connectivity index (χ3n) is 2.69. The molecule has 2 nitrogen and oxygen atoms in total. The molecule has 0 aromatic rings. The summed E-state index contributed by atoms with van der Waals surface area (Å²) in [7, 11) is 1.73. The number of carbonyl (C=O) groups is 1. The van der Waals surface area contributed by atoms with Gasteiger partial charge >= 0.3 is 0 Å². The van der Waals surface area contributed by atoms with Crippen LogP contribution in [0.25, 0.3) is 0 Å². The van der Waals surface area contributed by atoms with Crippen molar-refractivity contribution < 1.29 is 9.53 Å². The fourth-order valence-electron chi connectivity index (χ4n) is 1.15. The molecular weight excluding hydrogens is 188 g/mol. The minimum atomic E-state index is -0.0820. The van der Waals surface area contributed by atoms with Crippen LogP contribution in [0.15, 0.2) is 12.2 Å². The van der Waals surface area contributed by atoms with E-state index in [1.54, 1.807) is 20.1 Å². The van der Waals surface area contributed by atoms with Crippen LogP contribution < -0.4 is 0 Å². The highest BCUT2D eigenvalue weighted by Crippen LogP contribution is 2.28. The number of hydrogen-bond donors (Lipinski definition) is 0. The highest BCUT2D eigenvalue weighted by Gasteiger charge is 2.22. The van der Waals surface area contributed by atoms with Crippen LogP contribution in [0.5, 0.6) is 0 Å². The van der Waals surface area contributed by atoms with Gasteiger partial charge in [0.25, 0.3) is 0 Å². The molecule has 0 atom stereocenters. The van der Waals surface area contributed by atoms with Gasteiger partial charge in [-0.3, -0.25) is 4.79 Å². The first-order valence-corrected chi connectivity index (χ1v) is 5.43. The molecule has 0 N–H and O–H groups in total. The summed E-state index contributed by atoms with van der Waals surface area (Å²) < 4.78 is 5.37. The molecule has 88 valence electrons. The smallest absolute Gasteiger partial charge is 0.152 e. The van der Waals surface area contributed by atoms with Crippen molar-refractivity contribution >= 4 is 5.78 Å². The molecule has 0 saturated heterocycles. The van der Waals surface area contributed by atoms with Crippen molar-refractivity contribution in [2.24, 2.45) is 5.41 Å². The van der Waals surface area contributed by atoms with Crippen LogP contribution in [0.3, 0.4) is 0 Å². The Labute approximate surface area is 93.7 Å². The van der Waals surface area contributed by atoms with Crippen molar-refractivity contribution in [3.8, 4) is 0 Å². The second-order valence-corrected chi connectivity index (χ2v) is 5.40. The maximum absolute atomic E-state index is 10.8. The van der Waals surface area contributed by atoms with Crippen molar-refractivity contribution in [3.63, 3.8) is 0 Å². The average Bonchev–Trinajstić information content (AvgIpc) is 2.13. The van der Waals surface area contributed by atoms with E-state index in [0.717, 1.165) is 12.8 Å². The van der Waals surface area contributed by atoms with E-state index < -0.39 is 0 Å². The predicted octanol–water partition coefficient (Wildman–Crippen LogP) is 3.36. The third kappa shape index (κ3) is 7.32. The Morgan fingerprint density at radius 3 is 2.13 bits per heavy atom. The lowest BCUT2D eigenvalue weighted by molar-refractivity contribution is -0.112. The molecule has 0 unspecified atom stereocenters. The van der Waals surface area contributed by atoms with Gasteiger partial charge in [-0.2, -0.15) is 0 Å². The summed E-state index contributed by atoms with van der Waals surface area (Å²) in [6, 6.07) is 0.